The van der Waals surface area contributed by atoms with Crippen molar-refractivity contribution in [2.75, 3.05) is 4.90 Å². The first-order valence-corrected chi connectivity index (χ1v) is 11.3. The molecule has 0 bridgehead atoms. The van der Waals surface area contributed by atoms with Crippen LogP contribution in [0.2, 0.25) is 0 Å². The number of benzene rings is 1. The molecule has 1 unspecified atom stereocenters. The van der Waals surface area contributed by atoms with Crippen molar-refractivity contribution in [3.05, 3.63) is 64.1 Å². The maximum absolute atomic E-state index is 13.6. The topological polar surface area (TPSA) is 88.3 Å². The van der Waals surface area contributed by atoms with Crippen molar-refractivity contribution in [2.24, 2.45) is 0 Å². The van der Waals surface area contributed by atoms with E-state index in [2.05, 4.69) is 14.9 Å². The van der Waals surface area contributed by atoms with Crippen LogP contribution in [0.15, 0.2) is 40.1 Å². The van der Waals surface area contributed by atoms with Gasteiger partial charge < -0.3 is 9.73 Å². The first-order valence-electron chi connectivity index (χ1n) is 10.5. The lowest BCUT2D eigenvalue weighted by molar-refractivity contribution is -0.123. The molecule has 1 aliphatic rings. The van der Waals surface area contributed by atoms with Crippen molar-refractivity contribution in [3.63, 3.8) is 0 Å². The van der Waals surface area contributed by atoms with Crippen molar-refractivity contribution in [2.45, 2.75) is 58.5 Å². The van der Waals surface area contributed by atoms with Crippen LogP contribution < -0.4 is 10.2 Å². The van der Waals surface area contributed by atoms with Crippen molar-refractivity contribution in [1.29, 1.82) is 0 Å². The van der Waals surface area contributed by atoms with Gasteiger partial charge in [0.25, 0.3) is 11.8 Å². The summed E-state index contributed by atoms with van der Waals surface area (Å²) in [5, 5.41) is 8.69. The summed E-state index contributed by atoms with van der Waals surface area (Å²) in [6.45, 7) is 5.81. The smallest absolute Gasteiger partial charge is 0.280 e. The third kappa shape index (κ3) is 4.54. The van der Waals surface area contributed by atoms with E-state index in [0.717, 1.165) is 48.3 Å². The molecule has 1 aliphatic carbocycles. The maximum atomic E-state index is 13.6. The number of furan rings is 1. The van der Waals surface area contributed by atoms with Crippen LogP contribution in [-0.4, -0.2) is 27.4 Å². The minimum absolute atomic E-state index is 0.115. The van der Waals surface area contributed by atoms with Gasteiger partial charge in [-0.15, -0.1) is 5.10 Å². The number of aromatic nitrogens is 2. The Labute approximate surface area is 185 Å². The highest BCUT2D eigenvalue weighted by molar-refractivity contribution is 7.03. The van der Waals surface area contributed by atoms with Gasteiger partial charge in [0.15, 0.2) is 11.7 Å². The maximum Gasteiger partial charge on any atom is 0.280 e. The summed E-state index contributed by atoms with van der Waals surface area (Å²) in [4.78, 5) is 28.6. The van der Waals surface area contributed by atoms with Gasteiger partial charge in [-0.2, -0.15) is 0 Å². The summed E-state index contributed by atoms with van der Waals surface area (Å²) < 4.78 is 9.70. The molecular formula is C23H26N4O3S. The van der Waals surface area contributed by atoms with E-state index in [-0.39, 0.29) is 17.6 Å². The molecule has 2 aromatic heterocycles. The highest BCUT2D eigenvalue weighted by Crippen LogP contribution is 2.32. The van der Waals surface area contributed by atoms with Crippen LogP contribution >= 0.6 is 11.5 Å². The van der Waals surface area contributed by atoms with Crippen LogP contribution in [0, 0.1) is 20.8 Å². The summed E-state index contributed by atoms with van der Waals surface area (Å²) in [6.07, 6.45) is 4.09. The molecule has 0 spiro atoms. The van der Waals surface area contributed by atoms with Gasteiger partial charge in [0.1, 0.15) is 11.5 Å². The molecule has 0 saturated heterocycles. The zero-order valence-electron chi connectivity index (χ0n) is 17.9. The predicted octanol–water partition coefficient (Wildman–Crippen LogP) is 4.50. The lowest BCUT2D eigenvalue weighted by atomic mass is 10.1. The van der Waals surface area contributed by atoms with Crippen LogP contribution in [0.25, 0.3) is 0 Å². The fourth-order valence-electron chi connectivity index (χ4n) is 3.96. The summed E-state index contributed by atoms with van der Waals surface area (Å²) in [5.41, 5.74) is 2.94. The molecule has 7 nitrogen and oxygen atoms in total. The first kappa shape index (κ1) is 21.2. The summed E-state index contributed by atoms with van der Waals surface area (Å²) in [7, 11) is 0. The number of hydrogen-bond donors (Lipinski definition) is 1. The van der Waals surface area contributed by atoms with Gasteiger partial charge in [-0.25, -0.2) is 0 Å². The predicted molar refractivity (Wildman–Crippen MR) is 119 cm³/mol. The number of anilines is 1. The second-order valence-corrected chi connectivity index (χ2v) is 8.68. The highest BCUT2D eigenvalue weighted by atomic mass is 32.1. The normalized spacial score (nSPS) is 15.1. The molecule has 31 heavy (non-hydrogen) atoms. The fourth-order valence-corrected chi connectivity index (χ4v) is 4.39. The Kier molecular flexibility index (Phi) is 6.18. The van der Waals surface area contributed by atoms with Crippen molar-refractivity contribution in [3.8, 4) is 0 Å². The lowest BCUT2D eigenvalue weighted by Gasteiger charge is -2.30. The standard InChI is InChI=1S/C23H26N4O3S/c1-14-8-10-18(12-15(14)2)27(23(29)19-13-31-26-25-19)21(20-11-9-16(3)30-20)22(28)24-17-6-4-5-7-17/h8-13,17,21H,4-7H2,1-3H3,(H,24,28). The van der Waals surface area contributed by atoms with E-state index in [1.165, 1.54) is 4.90 Å². The Balaban J connectivity index is 1.80. The Morgan fingerprint density at radius 3 is 2.52 bits per heavy atom. The SMILES string of the molecule is Cc1ccc(C(C(=O)NC2CCCC2)N(C(=O)c2csnn2)c2ccc(C)c(C)c2)o1. The van der Waals surface area contributed by atoms with Gasteiger partial charge in [0.05, 0.1) is 0 Å². The molecule has 1 N–H and O–H groups in total. The number of nitrogens with zero attached hydrogens (tertiary/aromatic N) is 3. The molecule has 162 valence electrons. The quantitative estimate of drug-likeness (QED) is 0.612. The van der Waals surface area contributed by atoms with Gasteiger partial charge in [0.2, 0.25) is 0 Å². The van der Waals surface area contributed by atoms with E-state index in [1.807, 2.05) is 39.0 Å². The fraction of sp³-hybridized carbons (Fsp3) is 0.391. The Morgan fingerprint density at radius 2 is 1.90 bits per heavy atom. The zero-order valence-corrected chi connectivity index (χ0v) is 18.7. The van der Waals surface area contributed by atoms with E-state index < -0.39 is 11.9 Å². The monoisotopic (exact) mass is 438 g/mol. The number of aryl methyl sites for hydroxylation is 3. The van der Waals surface area contributed by atoms with Crippen LogP contribution in [0.5, 0.6) is 0 Å². The number of amides is 2. The van der Waals surface area contributed by atoms with E-state index in [0.29, 0.717) is 17.2 Å². The average Bonchev–Trinajstić information content (AvgIpc) is 3.51. The molecule has 1 aromatic carbocycles. The number of nitrogens with one attached hydrogen (secondary N) is 1. The molecule has 2 amide bonds. The van der Waals surface area contributed by atoms with Crippen LogP contribution in [0.4, 0.5) is 5.69 Å². The van der Waals surface area contributed by atoms with Gasteiger partial charge in [-0.3, -0.25) is 14.5 Å². The summed E-state index contributed by atoms with van der Waals surface area (Å²) >= 11 is 1.10. The largest absolute Gasteiger partial charge is 0.464 e. The molecule has 1 saturated carbocycles. The minimum atomic E-state index is -0.953. The molecule has 1 atom stereocenters. The number of carbonyl (C=O) groups excluding carboxylic acids is 2. The molecule has 3 aromatic rings. The van der Waals surface area contributed by atoms with Gasteiger partial charge in [-0.05, 0) is 80.5 Å². The molecular weight excluding hydrogens is 412 g/mol. The Morgan fingerprint density at radius 1 is 1.13 bits per heavy atom. The van der Waals surface area contributed by atoms with Crippen molar-refractivity contribution < 1.29 is 14.0 Å². The second kappa shape index (κ2) is 9.01. The van der Waals surface area contributed by atoms with Gasteiger partial charge in [-0.1, -0.05) is 23.4 Å². The van der Waals surface area contributed by atoms with E-state index >= 15 is 0 Å². The molecule has 8 heteroatoms. The number of rotatable bonds is 6. The Hall–Kier alpha value is -3.00. The molecule has 1 fully saturated rings. The van der Waals surface area contributed by atoms with Crippen molar-refractivity contribution >= 4 is 29.0 Å². The Bertz CT molecular complexity index is 1070. The molecule has 4 rings (SSSR count). The zero-order chi connectivity index (χ0) is 22.0. The molecule has 2 heterocycles. The number of hydrogen-bond acceptors (Lipinski definition) is 6. The molecule has 0 radical (unpaired) electrons. The van der Waals surface area contributed by atoms with Crippen LogP contribution in [0.3, 0.4) is 0 Å². The van der Waals surface area contributed by atoms with E-state index in [9.17, 15) is 9.59 Å². The van der Waals surface area contributed by atoms with Crippen LogP contribution in [0.1, 0.15) is 64.9 Å². The van der Waals surface area contributed by atoms with Gasteiger partial charge in [0, 0.05) is 17.1 Å². The van der Waals surface area contributed by atoms with Crippen molar-refractivity contribution in [1.82, 2.24) is 14.9 Å². The van der Waals surface area contributed by atoms with E-state index in [4.69, 9.17) is 4.42 Å². The average molecular weight is 439 g/mol. The van der Waals surface area contributed by atoms with Gasteiger partial charge >= 0.3 is 0 Å². The number of carbonyl (C=O) groups is 2. The molecule has 0 aliphatic heterocycles. The first-order chi connectivity index (χ1) is 14.9. The second-order valence-electron chi connectivity index (χ2n) is 8.07. The highest BCUT2D eigenvalue weighted by Gasteiger charge is 2.37. The third-order valence-electron chi connectivity index (χ3n) is 5.81. The third-order valence-corrected chi connectivity index (χ3v) is 6.31. The summed E-state index contributed by atoms with van der Waals surface area (Å²) in [5.74, 6) is 0.452. The van der Waals surface area contributed by atoms with E-state index in [1.54, 1.807) is 17.5 Å². The summed E-state index contributed by atoms with van der Waals surface area (Å²) in [6, 6.07) is 8.44. The van der Waals surface area contributed by atoms with Crippen LogP contribution in [-0.2, 0) is 4.79 Å². The minimum Gasteiger partial charge on any atom is -0.464 e. The lowest BCUT2D eigenvalue weighted by Crippen LogP contribution is -2.46.